The molecule has 0 bridgehead atoms. The Morgan fingerprint density at radius 2 is 2.24 bits per heavy atom. The molecule has 1 amide bonds. The van der Waals surface area contributed by atoms with Gasteiger partial charge < -0.3 is 10.1 Å². The SMILES string of the molecule is COCC(CBr)NC(=O)c1ccc(C)c(Br)c1. The Kier molecular flexibility index (Phi) is 6.16. The summed E-state index contributed by atoms with van der Waals surface area (Å²) >= 11 is 6.75. The van der Waals surface area contributed by atoms with Gasteiger partial charge in [-0.3, -0.25) is 4.79 Å². The Balaban J connectivity index is 2.72. The fourth-order valence-corrected chi connectivity index (χ4v) is 2.06. The quantitative estimate of drug-likeness (QED) is 0.816. The largest absolute Gasteiger partial charge is 0.383 e. The molecule has 5 heteroatoms. The van der Waals surface area contributed by atoms with Gasteiger partial charge in [-0.05, 0) is 24.6 Å². The first-order valence-electron chi connectivity index (χ1n) is 5.20. The average Bonchev–Trinajstić information content (AvgIpc) is 2.31. The second-order valence-electron chi connectivity index (χ2n) is 3.74. The van der Waals surface area contributed by atoms with Crippen LogP contribution in [0.5, 0.6) is 0 Å². The molecular weight excluding hydrogens is 350 g/mol. The van der Waals surface area contributed by atoms with Crippen molar-refractivity contribution in [3.63, 3.8) is 0 Å². The van der Waals surface area contributed by atoms with Gasteiger partial charge in [0.05, 0.1) is 12.6 Å². The van der Waals surface area contributed by atoms with E-state index in [2.05, 4.69) is 37.2 Å². The number of nitrogens with one attached hydrogen (secondary N) is 1. The molecule has 0 radical (unpaired) electrons. The van der Waals surface area contributed by atoms with Crippen molar-refractivity contribution < 1.29 is 9.53 Å². The number of hydrogen-bond donors (Lipinski definition) is 1. The molecular formula is C12H15Br2NO2. The normalized spacial score (nSPS) is 12.2. The number of benzene rings is 1. The fraction of sp³-hybridized carbons (Fsp3) is 0.417. The zero-order valence-corrected chi connectivity index (χ0v) is 13.0. The van der Waals surface area contributed by atoms with E-state index in [1.54, 1.807) is 7.11 Å². The Bertz CT molecular complexity index is 396. The van der Waals surface area contributed by atoms with Crippen LogP contribution in [0.2, 0.25) is 0 Å². The molecule has 0 aliphatic rings. The van der Waals surface area contributed by atoms with Crippen LogP contribution in [-0.4, -0.2) is 31.0 Å². The van der Waals surface area contributed by atoms with E-state index in [0.717, 1.165) is 10.0 Å². The number of carbonyl (C=O) groups excluding carboxylic acids is 1. The van der Waals surface area contributed by atoms with E-state index in [4.69, 9.17) is 4.74 Å². The molecule has 0 fully saturated rings. The highest BCUT2D eigenvalue weighted by Gasteiger charge is 2.13. The summed E-state index contributed by atoms with van der Waals surface area (Å²) in [6, 6.07) is 5.53. The first kappa shape index (κ1) is 14.7. The Morgan fingerprint density at radius 1 is 1.53 bits per heavy atom. The van der Waals surface area contributed by atoms with Gasteiger partial charge in [0, 0.05) is 22.5 Å². The zero-order chi connectivity index (χ0) is 12.8. The maximum absolute atomic E-state index is 11.9. The Morgan fingerprint density at radius 3 is 2.76 bits per heavy atom. The third kappa shape index (κ3) is 4.41. The van der Waals surface area contributed by atoms with Gasteiger partial charge in [-0.1, -0.05) is 37.9 Å². The lowest BCUT2D eigenvalue weighted by Crippen LogP contribution is -2.39. The summed E-state index contributed by atoms with van der Waals surface area (Å²) in [4.78, 5) is 11.9. The monoisotopic (exact) mass is 363 g/mol. The topological polar surface area (TPSA) is 38.3 Å². The van der Waals surface area contributed by atoms with E-state index in [1.165, 1.54) is 0 Å². The van der Waals surface area contributed by atoms with Crippen LogP contribution in [0, 0.1) is 6.92 Å². The van der Waals surface area contributed by atoms with Gasteiger partial charge in [0.25, 0.3) is 5.91 Å². The summed E-state index contributed by atoms with van der Waals surface area (Å²) in [7, 11) is 1.62. The second-order valence-corrected chi connectivity index (χ2v) is 5.25. The molecule has 0 heterocycles. The number of alkyl halides is 1. The predicted molar refractivity (Wildman–Crippen MR) is 75.8 cm³/mol. The third-order valence-corrected chi connectivity index (χ3v) is 3.96. The summed E-state index contributed by atoms with van der Waals surface area (Å²) in [6.45, 7) is 2.47. The number of carbonyl (C=O) groups is 1. The molecule has 94 valence electrons. The molecule has 0 spiro atoms. The van der Waals surface area contributed by atoms with Crippen LogP contribution in [0.3, 0.4) is 0 Å². The molecule has 0 aliphatic heterocycles. The maximum atomic E-state index is 11.9. The number of hydrogen-bond acceptors (Lipinski definition) is 2. The molecule has 0 aliphatic carbocycles. The number of amides is 1. The molecule has 0 saturated heterocycles. The van der Waals surface area contributed by atoms with Crippen LogP contribution in [0.15, 0.2) is 22.7 Å². The van der Waals surface area contributed by atoms with E-state index in [1.807, 2.05) is 25.1 Å². The summed E-state index contributed by atoms with van der Waals surface area (Å²) < 4.78 is 5.96. The van der Waals surface area contributed by atoms with Gasteiger partial charge in [0.15, 0.2) is 0 Å². The van der Waals surface area contributed by atoms with Crippen molar-refractivity contribution in [3.8, 4) is 0 Å². The minimum Gasteiger partial charge on any atom is -0.383 e. The van der Waals surface area contributed by atoms with Crippen molar-refractivity contribution in [2.75, 3.05) is 19.0 Å². The minimum atomic E-state index is -0.0906. The number of methoxy groups -OCH3 is 1. The molecule has 1 N–H and O–H groups in total. The second kappa shape index (κ2) is 7.13. The van der Waals surface area contributed by atoms with Gasteiger partial charge in [0.2, 0.25) is 0 Å². The highest BCUT2D eigenvalue weighted by Crippen LogP contribution is 2.17. The number of rotatable bonds is 5. The molecule has 1 rings (SSSR count). The van der Waals surface area contributed by atoms with Gasteiger partial charge in [0.1, 0.15) is 0 Å². The zero-order valence-electron chi connectivity index (χ0n) is 9.80. The summed E-state index contributed by atoms with van der Waals surface area (Å²) in [5, 5.41) is 3.57. The molecule has 17 heavy (non-hydrogen) atoms. The van der Waals surface area contributed by atoms with Gasteiger partial charge in [-0.2, -0.15) is 0 Å². The maximum Gasteiger partial charge on any atom is 0.251 e. The van der Waals surface area contributed by atoms with Crippen LogP contribution >= 0.6 is 31.9 Å². The molecule has 0 aromatic heterocycles. The minimum absolute atomic E-state index is 0.0208. The van der Waals surface area contributed by atoms with E-state index in [0.29, 0.717) is 17.5 Å². The van der Waals surface area contributed by atoms with E-state index in [-0.39, 0.29) is 11.9 Å². The lowest BCUT2D eigenvalue weighted by molar-refractivity contribution is 0.0908. The number of aryl methyl sites for hydroxylation is 1. The van der Waals surface area contributed by atoms with E-state index >= 15 is 0 Å². The summed E-state index contributed by atoms with van der Waals surface area (Å²) in [5.74, 6) is -0.0906. The lowest BCUT2D eigenvalue weighted by Gasteiger charge is -2.15. The van der Waals surface area contributed by atoms with Crippen LogP contribution < -0.4 is 5.32 Å². The Hall–Kier alpha value is -0.390. The highest BCUT2D eigenvalue weighted by molar-refractivity contribution is 9.10. The molecule has 1 aromatic rings. The lowest BCUT2D eigenvalue weighted by atomic mass is 10.1. The van der Waals surface area contributed by atoms with Crippen LogP contribution in [-0.2, 0) is 4.74 Å². The van der Waals surface area contributed by atoms with Crippen LogP contribution in [0.1, 0.15) is 15.9 Å². The molecule has 1 atom stereocenters. The molecule has 0 saturated carbocycles. The predicted octanol–water partition coefficient (Wildman–Crippen LogP) is 2.90. The average molecular weight is 365 g/mol. The van der Waals surface area contributed by atoms with Gasteiger partial charge >= 0.3 is 0 Å². The first-order chi connectivity index (χ1) is 8.08. The third-order valence-electron chi connectivity index (χ3n) is 2.32. The van der Waals surface area contributed by atoms with Crippen molar-refractivity contribution in [3.05, 3.63) is 33.8 Å². The first-order valence-corrected chi connectivity index (χ1v) is 7.11. The van der Waals surface area contributed by atoms with Crippen molar-refractivity contribution in [1.29, 1.82) is 0 Å². The van der Waals surface area contributed by atoms with Crippen LogP contribution in [0.4, 0.5) is 0 Å². The van der Waals surface area contributed by atoms with E-state index in [9.17, 15) is 4.79 Å². The smallest absolute Gasteiger partial charge is 0.251 e. The fourth-order valence-electron chi connectivity index (χ4n) is 1.33. The Labute approximate surface area is 118 Å². The van der Waals surface area contributed by atoms with Gasteiger partial charge in [-0.15, -0.1) is 0 Å². The highest BCUT2D eigenvalue weighted by atomic mass is 79.9. The van der Waals surface area contributed by atoms with Crippen LogP contribution in [0.25, 0.3) is 0 Å². The molecule has 1 aromatic carbocycles. The molecule has 3 nitrogen and oxygen atoms in total. The van der Waals surface area contributed by atoms with Crippen molar-refractivity contribution in [1.82, 2.24) is 5.32 Å². The number of halogens is 2. The van der Waals surface area contributed by atoms with Crippen molar-refractivity contribution in [2.24, 2.45) is 0 Å². The van der Waals surface area contributed by atoms with Crippen molar-refractivity contribution in [2.45, 2.75) is 13.0 Å². The molecule has 1 unspecified atom stereocenters. The van der Waals surface area contributed by atoms with Gasteiger partial charge in [-0.25, -0.2) is 0 Å². The summed E-state index contributed by atoms with van der Waals surface area (Å²) in [6.07, 6.45) is 0. The summed E-state index contributed by atoms with van der Waals surface area (Å²) in [5.41, 5.74) is 1.75. The van der Waals surface area contributed by atoms with E-state index < -0.39 is 0 Å². The van der Waals surface area contributed by atoms with Crippen molar-refractivity contribution >= 4 is 37.8 Å². The number of ether oxygens (including phenoxy) is 1. The standard InChI is InChI=1S/C12H15Br2NO2/c1-8-3-4-9(5-11(8)14)12(16)15-10(6-13)7-17-2/h3-5,10H,6-7H2,1-2H3,(H,15,16).